The number of aromatic nitrogens is 4. The van der Waals surface area contributed by atoms with Gasteiger partial charge in [-0.3, -0.25) is 0 Å². The molecule has 3 heterocycles. The minimum absolute atomic E-state index is 0.575. The molecule has 0 unspecified atom stereocenters. The average Bonchev–Trinajstić information content (AvgIpc) is 2.90. The Balaban J connectivity index is 1.77. The van der Waals surface area contributed by atoms with Gasteiger partial charge in [0.15, 0.2) is 0 Å². The Morgan fingerprint density at radius 1 is 1.10 bits per heavy atom. The van der Waals surface area contributed by atoms with Crippen molar-refractivity contribution in [3.8, 4) is 0 Å². The zero-order valence-electron chi connectivity index (χ0n) is 12.9. The fourth-order valence-corrected chi connectivity index (χ4v) is 2.49. The molecule has 3 rings (SSSR count). The molecule has 0 saturated carbocycles. The van der Waals surface area contributed by atoms with Crippen molar-refractivity contribution in [2.45, 2.75) is 46.7 Å². The van der Waals surface area contributed by atoms with Crippen LogP contribution >= 0.6 is 0 Å². The van der Waals surface area contributed by atoms with E-state index >= 15 is 0 Å². The van der Waals surface area contributed by atoms with Crippen molar-refractivity contribution in [2.75, 3.05) is 4.90 Å². The lowest BCUT2D eigenvalue weighted by Gasteiger charge is -2.14. The summed E-state index contributed by atoms with van der Waals surface area (Å²) < 4.78 is 0. The normalized spacial score (nSPS) is 13.8. The summed E-state index contributed by atoms with van der Waals surface area (Å²) in [6.45, 7) is 8.05. The molecule has 5 heteroatoms. The van der Waals surface area contributed by atoms with E-state index in [0.29, 0.717) is 5.92 Å². The third kappa shape index (κ3) is 3.01. The van der Waals surface area contributed by atoms with Crippen LogP contribution in [0.5, 0.6) is 0 Å². The first-order chi connectivity index (χ1) is 10.2. The topological polar surface area (TPSA) is 54.8 Å². The molecule has 0 spiro atoms. The summed E-state index contributed by atoms with van der Waals surface area (Å²) in [6, 6.07) is 0. The van der Waals surface area contributed by atoms with Crippen LogP contribution in [0.3, 0.4) is 0 Å². The number of hydrogen-bond acceptors (Lipinski definition) is 5. The van der Waals surface area contributed by atoms with Gasteiger partial charge in [-0.1, -0.05) is 20.8 Å². The van der Waals surface area contributed by atoms with E-state index in [1.807, 2.05) is 18.6 Å². The van der Waals surface area contributed by atoms with Crippen LogP contribution < -0.4 is 4.90 Å². The Morgan fingerprint density at radius 3 is 2.52 bits per heavy atom. The highest BCUT2D eigenvalue weighted by Gasteiger charge is 2.23. The Hall–Kier alpha value is -2.04. The smallest absolute Gasteiger partial charge is 0.225 e. The maximum atomic E-state index is 4.69. The van der Waals surface area contributed by atoms with Crippen molar-refractivity contribution in [3.63, 3.8) is 0 Å². The Bertz CT molecular complexity index is 621. The van der Waals surface area contributed by atoms with Crippen molar-refractivity contribution < 1.29 is 0 Å². The monoisotopic (exact) mass is 283 g/mol. The Morgan fingerprint density at radius 2 is 1.86 bits per heavy atom. The molecule has 1 aliphatic rings. The fraction of sp³-hybridized carbons (Fsp3) is 0.500. The van der Waals surface area contributed by atoms with Gasteiger partial charge in [-0.15, -0.1) is 0 Å². The van der Waals surface area contributed by atoms with E-state index in [-0.39, 0.29) is 0 Å². The number of aryl methyl sites for hydroxylation is 1. The van der Waals surface area contributed by atoms with Gasteiger partial charge in [0.25, 0.3) is 0 Å². The standard InChI is InChI=1S/C16H21N5/c1-4-12-6-18-16(19-7-12)21-9-13-8-17-15(5-11(2)3)20-14(13)10-21/h6-8,11H,4-5,9-10H2,1-3H3. The van der Waals surface area contributed by atoms with E-state index in [0.717, 1.165) is 49.0 Å². The number of anilines is 1. The van der Waals surface area contributed by atoms with Crippen molar-refractivity contribution in [2.24, 2.45) is 5.92 Å². The Labute approximate surface area is 125 Å². The molecular weight excluding hydrogens is 262 g/mol. The summed E-state index contributed by atoms with van der Waals surface area (Å²) >= 11 is 0. The molecule has 0 saturated heterocycles. The first-order valence-corrected chi connectivity index (χ1v) is 7.55. The van der Waals surface area contributed by atoms with Crippen molar-refractivity contribution in [3.05, 3.63) is 41.2 Å². The second-order valence-corrected chi connectivity index (χ2v) is 5.96. The molecule has 0 radical (unpaired) electrons. The summed E-state index contributed by atoms with van der Waals surface area (Å²) in [5.74, 6) is 2.29. The minimum atomic E-state index is 0.575. The van der Waals surface area contributed by atoms with Crippen LogP contribution in [0.15, 0.2) is 18.6 Å². The molecule has 0 N–H and O–H groups in total. The summed E-state index contributed by atoms with van der Waals surface area (Å²) in [5.41, 5.74) is 3.46. The second kappa shape index (κ2) is 5.76. The van der Waals surface area contributed by atoms with Gasteiger partial charge in [0.1, 0.15) is 5.82 Å². The van der Waals surface area contributed by atoms with Crippen LogP contribution in [0, 0.1) is 5.92 Å². The van der Waals surface area contributed by atoms with Crippen LogP contribution in [-0.4, -0.2) is 19.9 Å². The molecule has 0 fully saturated rings. The van der Waals surface area contributed by atoms with Crippen LogP contribution in [0.25, 0.3) is 0 Å². The molecular formula is C16H21N5. The highest BCUT2D eigenvalue weighted by atomic mass is 15.3. The van der Waals surface area contributed by atoms with E-state index in [4.69, 9.17) is 4.98 Å². The highest BCUT2D eigenvalue weighted by Crippen LogP contribution is 2.24. The van der Waals surface area contributed by atoms with Gasteiger partial charge in [-0.25, -0.2) is 19.9 Å². The second-order valence-electron chi connectivity index (χ2n) is 5.96. The first-order valence-electron chi connectivity index (χ1n) is 7.55. The van der Waals surface area contributed by atoms with Crippen LogP contribution in [-0.2, 0) is 25.9 Å². The molecule has 2 aromatic rings. The van der Waals surface area contributed by atoms with Crippen LogP contribution in [0.2, 0.25) is 0 Å². The molecule has 110 valence electrons. The minimum Gasteiger partial charge on any atom is -0.330 e. The largest absolute Gasteiger partial charge is 0.330 e. The molecule has 0 atom stereocenters. The molecule has 0 aromatic carbocycles. The van der Waals surface area contributed by atoms with Crippen LogP contribution in [0.1, 0.15) is 43.4 Å². The molecule has 0 bridgehead atoms. The zero-order valence-corrected chi connectivity index (χ0v) is 12.9. The molecule has 21 heavy (non-hydrogen) atoms. The number of nitrogens with zero attached hydrogens (tertiary/aromatic N) is 5. The quantitative estimate of drug-likeness (QED) is 0.863. The third-order valence-corrected chi connectivity index (χ3v) is 3.68. The lowest BCUT2D eigenvalue weighted by atomic mass is 10.1. The summed E-state index contributed by atoms with van der Waals surface area (Å²) in [7, 11) is 0. The van der Waals surface area contributed by atoms with E-state index < -0.39 is 0 Å². The van der Waals surface area contributed by atoms with Gasteiger partial charge in [-0.05, 0) is 17.9 Å². The van der Waals surface area contributed by atoms with Crippen molar-refractivity contribution in [1.82, 2.24) is 19.9 Å². The van der Waals surface area contributed by atoms with E-state index in [9.17, 15) is 0 Å². The predicted molar refractivity (Wildman–Crippen MR) is 81.9 cm³/mol. The Kier molecular flexibility index (Phi) is 3.82. The molecule has 0 aliphatic carbocycles. The van der Waals surface area contributed by atoms with Gasteiger partial charge >= 0.3 is 0 Å². The zero-order chi connectivity index (χ0) is 14.8. The lowest BCUT2D eigenvalue weighted by molar-refractivity contribution is 0.617. The fourth-order valence-electron chi connectivity index (χ4n) is 2.49. The van der Waals surface area contributed by atoms with E-state index in [1.165, 1.54) is 5.56 Å². The number of rotatable bonds is 4. The molecule has 1 aliphatic heterocycles. The van der Waals surface area contributed by atoms with Gasteiger partial charge in [0.2, 0.25) is 5.95 Å². The van der Waals surface area contributed by atoms with Crippen molar-refractivity contribution >= 4 is 5.95 Å². The van der Waals surface area contributed by atoms with E-state index in [1.54, 1.807) is 0 Å². The van der Waals surface area contributed by atoms with Crippen LogP contribution in [0.4, 0.5) is 5.95 Å². The van der Waals surface area contributed by atoms with Gasteiger partial charge in [0, 0.05) is 37.1 Å². The summed E-state index contributed by atoms with van der Waals surface area (Å²) in [6.07, 6.45) is 7.66. The summed E-state index contributed by atoms with van der Waals surface area (Å²) in [4.78, 5) is 20.2. The first kappa shape index (κ1) is 13.9. The summed E-state index contributed by atoms with van der Waals surface area (Å²) in [5, 5.41) is 0. The lowest BCUT2D eigenvalue weighted by Crippen LogP contribution is -2.17. The van der Waals surface area contributed by atoms with Crippen molar-refractivity contribution in [1.29, 1.82) is 0 Å². The van der Waals surface area contributed by atoms with Gasteiger partial charge in [-0.2, -0.15) is 0 Å². The SMILES string of the molecule is CCc1cnc(N2Cc3cnc(CC(C)C)nc3C2)nc1. The molecule has 5 nitrogen and oxygen atoms in total. The third-order valence-electron chi connectivity index (χ3n) is 3.68. The molecule has 2 aromatic heterocycles. The maximum Gasteiger partial charge on any atom is 0.225 e. The molecule has 0 amide bonds. The van der Waals surface area contributed by atoms with Gasteiger partial charge in [0.05, 0.1) is 12.2 Å². The highest BCUT2D eigenvalue weighted by molar-refractivity contribution is 5.39. The number of fused-ring (bicyclic) bond motifs is 1. The maximum absolute atomic E-state index is 4.69. The van der Waals surface area contributed by atoms with E-state index in [2.05, 4.69) is 40.6 Å². The number of hydrogen-bond donors (Lipinski definition) is 0. The average molecular weight is 283 g/mol. The predicted octanol–water partition coefficient (Wildman–Crippen LogP) is 2.55. The van der Waals surface area contributed by atoms with Gasteiger partial charge < -0.3 is 4.90 Å².